The van der Waals surface area contributed by atoms with Crippen LogP contribution in [-0.4, -0.2) is 22.3 Å². The molecule has 2 heterocycles. The lowest BCUT2D eigenvalue weighted by molar-refractivity contribution is -0.380. The highest BCUT2D eigenvalue weighted by atomic mass is 35.5. The van der Waals surface area contributed by atoms with Gasteiger partial charge in [0.1, 0.15) is 11.4 Å². The van der Waals surface area contributed by atoms with Gasteiger partial charge in [0.05, 0.1) is 26.1 Å². The Balaban J connectivity index is 1.73. The number of carbonyl (C=O) groups excluding carboxylic acids is 1. The molecule has 2 amide bonds. The third kappa shape index (κ3) is 4.30. The molecule has 2 aromatic heterocycles. The average molecular weight is 440 g/mol. The van der Waals surface area contributed by atoms with Crippen molar-refractivity contribution < 1.29 is 14.2 Å². The van der Waals surface area contributed by atoms with Gasteiger partial charge in [0.25, 0.3) is 0 Å². The van der Waals surface area contributed by atoms with Crippen LogP contribution in [0.3, 0.4) is 0 Å². The number of thiophene rings is 1. The zero-order chi connectivity index (χ0) is 20.3. The summed E-state index contributed by atoms with van der Waals surface area (Å²) in [5.41, 5.74) is 3.25. The van der Waals surface area contributed by atoms with Gasteiger partial charge in [-0.3, -0.25) is 10.1 Å². The molecule has 9 nitrogen and oxygen atoms in total. The molecule has 0 saturated carbocycles. The van der Waals surface area contributed by atoms with Crippen LogP contribution in [-0.2, 0) is 0 Å². The van der Waals surface area contributed by atoms with Gasteiger partial charge < -0.3 is 9.84 Å². The van der Waals surface area contributed by atoms with Crippen molar-refractivity contribution in [2.24, 2.45) is 5.10 Å². The number of halogens is 2. The van der Waals surface area contributed by atoms with Crippen molar-refractivity contribution >= 4 is 57.5 Å². The Hall–Kier alpha value is -2.95. The number of rotatable bonds is 5. The van der Waals surface area contributed by atoms with E-state index in [2.05, 4.69) is 21.0 Å². The molecule has 0 radical (unpaired) electrons. The number of aryl methyl sites for hydroxylation is 1. The van der Waals surface area contributed by atoms with Crippen LogP contribution in [0.4, 0.5) is 15.5 Å². The minimum Gasteiger partial charge on any atom is -0.359 e. The highest BCUT2D eigenvalue weighted by Gasteiger charge is 2.21. The third-order valence-corrected chi connectivity index (χ3v) is 5.05. The second-order valence-corrected chi connectivity index (χ2v) is 7.22. The van der Waals surface area contributed by atoms with Crippen LogP contribution >= 0.6 is 34.5 Å². The predicted octanol–water partition coefficient (Wildman–Crippen LogP) is 5.08. The van der Waals surface area contributed by atoms with Gasteiger partial charge in [0, 0.05) is 11.6 Å². The molecule has 0 aliphatic heterocycles. The number of anilines is 1. The van der Waals surface area contributed by atoms with E-state index in [1.807, 2.05) is 0 Å². The number of carbonyl (C=O) groups is 1. The summed E-state index contributed by atoms with van der Waals surface area (Å²) in [6.45, 7) is 1.62. The highest BCUT2D eigenvalue weighted by molar-refractivity contribution is 7.16. The molecule has 12 heteroatoms. The second kappa shape index (κ2) is 8.38. The summed E-state index contributed by atoms with van der Waals surface area (Å²) < 4.78 is 5.15. The van der Waals surface area contributed by atoms with E-state index in [0.29, 0.717) is 26.2 Å². The molecular weight excluding hydrogens is 429 g/mol. The zero-order valence-electron chi connectivity index (χ0n) is 14.1. The van der Waals surface area contributed by atoms with Crippen molar-refractivity contribution in [1.82, 2.24) is 10.6 Å². The Labute approximate surface area is 172 Å². The summed E-state index contributed by atoms with van der Waals surface area (Å²) in [5.74, 6) is 0.346. The summed E-state index contributed by atoms with van der Waals surface area (Å²) in [6.07, 6.45) is 1.30. The van der Waals surface area contributed by atoms with Gasteiger partial charge >= 0.3 is 11.0 Å². The van der Waals surface area contributed by atoms with E-state index in [-0.39, 0.29) is 16.4 Å². The molecule has 0 aliphatic carbocycles. The lowest BCUT2D eigenvalue weighted by Crippen LogP contribution is -2.24. The average Bonchev–Trinajstić information content (AvgIpc) is 3.24. The second-order valence-electron chi connectivity index (χ2n) is 5.32. The smallest absolute Gasteiger partial charge is 0.339 e. The van der Waals surface area contributed by atoms with Crippen molar-refractivity contribution in [3.63, 3.8) is 0 Å². The number of benzene rings is 1. The fraction of sp³-hybridized carbons (Fsp3) is 0.0625. The van der Waals surface area contributed by atoms with Gasteiger partial charge in [-0.25, -0.2) is 10.2 Å². The molecular formula is C16H11Cl2N5O4S. The number of amides is 2. The molecule has 0 saturated heterocycles. The van der Waals surface area contributed by atoms with Gasteiger partial charge in [-0.05, 0) is 25.1 Å². The van der Waals surface area contributed by atoms with E-state index in [0.717, 1.165) is 11.3 Å². The molecule has 2 N–H and O–H groups in total. The maximum absolute atomic E-state index is 12.1. The van der Waals surface area contributed by atoms with Crippen LogP contribution in [0.2, 0.25) is 10.0 Å². The van der Waals surface area contributed by atoms with Crippen LogP contribution in [0.1, 0.15) is 10.6 Å². The Kier molecular flexibility index (Phi) is 5.93. The molecule has 0 bridgehead atoms. The van der Waals surface area contributed by atoms with Crippen molar-refractivity contribution in [2.75, 3.05) is 5.32 Å². The summed E-state index contributed by atoms with van der Waals surface area (Å²) in [5, 5.41) is 21.6. The number of nitro groups is 1. The predicted molar refractivity (Wildman–Crippen MR) is 107 cm³/mol. The monoisotopic (exact) mass is 439 g/mol. The van der Waals surface area contributed by atoms with Crippen molar-refractivity contribution in [2.45, 2.75) is 6.92 Å². The topological polar surface area (TPSA) is 123 Å². The normalized spacial score (nSPS) is 11.0. The van der Waals surface area contributed by atoms with E-state index in [4.69, 9.17) is 27.7 Å². The van der Waals surface area contributed by atoms with Gasteiger partial charge in [0.15, 0.2) is 5.76 Å². The number of nitrogens with one attached hydrogen (secondary N) is 2. The molecule has 28 heavy (non-hydrogen) atoms. The van der Waals surface area contributed by atoms with E-state index < -0.39 is 11.0 Å². The van der Waals surface area contributed by atoms with Crippen LogP contribution in [0.5, 0.6) is 0 Å². The molecule has 3 rings (SSSR count). The Morgan fingerprint density at radius 3 is 2.68 bits per heavy atom. The number of nitrogens with zero attached hydrogens (tertiary/aromatic N) is 3. The van der Waals surface area contributed by atoms with E-state index >= 15 is 0 Å². The van der Waals surface area contributed by atoms with Crippen LogP contribution < -0.4 is 10.7 Å². The van der Waals surface area contributed by atoms with E-state index in [9.17, 15) is 14.9 Å². The highest BCUT2D eigenvalue weighted by Crippen LogP contribution is 2.39. The SMILES string of the molecule is Cc1onc(-c2c(Cl)cccc2Cl)c1NC(=O)NN=Cc1ccc([N+](=O)[O-])s1. The first kappa shape index (κ1) is 19.8. The fourth-order valence-corrected chi connectivity index (χ4v) is 3.49. The van der Waals surface area contributed by atoms with E-state index in [1.54, 1.807) is 25.1 Å². The number of hydrogen-bond donors (Lipinski definition) is 2. The van der Waals surface area contributed by atoms with Crippen LogP contribution in [0, 0.1) is 17.0 Å². The lowest BCUT2D eigenvalue weighted by atomic mass is 10.1. The maximum Gasteiger partial charge on any atom is 0.339 e. The first-order valence-electron chi connectivity index (χ1n) is 7.61. The summed E-state index contributed by atoms with van der Waals surface area (Å²) in [4.78, 5) is 22.8. The minimum absolute atomic E-state index is 0.0211. The first-order valence-corrected chi connectivity index (χ1v) is 9.19. The van der Waals surface area contributed by atoms with Crippen molar-refractivity contribution in [3.8, 4) is 11.3 Å². The molecule has 1 aromatic carbocycles. The number of aromatic nitrogens is 1. The Bertz CT molecular complexity index is 1060. The third-order valence-electron chi connectivity index (χ3n) is 3.45. The number of hydrazone groups is 1. The molecule has 0 fully saturated rings. The largest absolute Gasteiger partial charge is 0.359 e. The van der Waals surface area contributed by atoms with Gasteiger partial charge in [-0.15, -0.1) is 0 Å². The first-order chi connectivity index (χ1) is 13.4. The molecule has 3 aromatic rings. The minimum atomic E-state index is -0.668. The van der Waals surface area contributed by atoms with Crippen molar-refractivity contribution in [1.29, 1.82) is 0 Å². The Morgan fingerprint density at radius 1 is 1.32 bits per heavy atom. The van der Waals surface area contributed by atoms with E-state index in [1.165, 1.54) is 18.3 Å². The molecule has 0 atom stereocenters. The molecule has 0 aliphatic rings. The summed E-state index contributed by atoms with van der Waals surface area (Å²) >= 11 is 13.3. The quantitative estimate of drug-likeness (QED) is 0.325. The van der Waals surface area contributed by atoms with Crippen LogP contribution in [0.15, 0.2) is 40.0 Å². The summed E-state index contributed by atoms with van der Waals surface area (Å²) in [7, 11) is 0. The van der Waals surface area contributed by atoms with Crippen LogP contribution in [0.25, 0.3) is 11.3 Å². The Morgan fingerprint density at radius 2 is 2.04 bits per heavy atom. The van der Waals surface area contributed by atoms with Gasteiger partial charge in [0.2, 0.25) is 0 Å². The molecule has 144 valence electrons. The number of urea groups is 1. The number of hydrogen-bond acceptors (Lipinski definition) is 7. The van der Waals surface area contributed by atoms with Gasteiger partial charge in [-0.1, -0.05) is 45.8 Å². The standard InChI is InChI=1S/C16H11Cl2N5O4S/c1-8-14(15(22-27-8)13-10(17)3-2-4-11(13)18)20-16(24)21-19-7-9-5-6-12(28-9)23(25)26/h2-7H,1H3,(H2,20,21,24). The lowest BCUT2D eigenvalue weighted by Gasteiger charge is -2.07. The summed E-state index contributed by atoms with van der Waals surface area (Å²) in [6, 6.07) is 7.17. The van der Waals surface area contributed by atoms with Gasteiger partial charge in [-0.2, -0.15) is 5.10 Å². The maximum atomic E-state index is 12.1. The zero-order valence-corrected chi connectivity index (χ0v) is 16.4. The molecule has 0 spiro atoms. The van der Waals surface area contributed by atoms with Crippen molar-refractivity contribution in [3.05, 3.63) is 61.1 Å². The fourth-order valence-electron chi connectivity index (χ4n) is 2.22. The molecule has 0 unspecified atom stereocenters.